The monoisotopic (exact) mass is 261 g/mol. The average Bonchev–Trinajstić information content (AvgIpc) is 2.77. The maximum atomic E-state index is 12.0. The van der Waals surface area contributed by atoms with Crippen LogP contribution in [0.25, 0.3) is 0 Å². The van der Waals surface area contributed by atoms with Gasteiger partial charge in [-0.05, 0) is 6.92 Å². The number of aromatic amines is 1. The zero-order valence-corrected chi connectivity index (χ0v) is 10.7. The SMILES string of the molecule is CCOC(=O)c1cn[nH]c1S(=O)(=O)N(C)CC. The van der Waals surface area contributed by atoms with Crippen LogP contribution in [0.4, 0.5) is 0 Å². The van der Waals surface area contributed by atoms with Crippen molar-refractivity contribution in [2.75, 3.05) is 20.2 Å². The molecule has 1 N–H and O–H groups in total. The van der Waals surface area contributed by atoms with Gasteiger partial charge in [0, 0.05) is 13.6 Å². The lowest BCUT2D eigenvalue weighted by molar-refractivity contribution is 0.0521. The minimum Gasteiger partial charge on any atom is -0.462 e. The first-order chi connectivity index (χ1) is 7.95. The summed E-state index contributed by atoms with van der Waals surface area (Å²) in [7, 11) is -2.30. The van der Waals surface area contributed by atoms with Crippen molar-refractivity contribution in [1.29, 1.82) is 0 Å². The highest BCUT2D eigenvalue weighted by atomic mass is 32.2. The molecule has 96 valence electrons. The number of sulfonamides is 1. The molecule has 0 radical (unpaired) electrons. The quantitative estimate of drug-likeness (QED) is 0.766. The highest BCUT2D eigenvalue weighted by Crippen LogP contribution is 2.16. The molecule has 1 aromatic heterocycles. The fourth-order valence-corrected chi connectivity index (χ4v) is 2.38. The Morgan fingerprint density at radius 2 is 2.18 bits per heavy atom. The van der Waals surface area contributed by atoms with Gasteiger partial charge in [0.25, 0.3) is 10.0 Å². The topological polar surface area (TPSA) is 92.4 Å². The molecule has 1 rings (SSSR count). The third-order valence-corrected chi connectivity index (χ3v) is 4.12. The van der Waals surface area contributed by atoms with E-state index in [1.165, 1.54) is 7.05 Å². The lowest BCUT2D eigenvalue weighted by Gasteiger charge is -2.13. The Morgan fingerprint density at radius 3 is 2.71 bits per heavy atom. The fourth-order valence-electron chi connectivity index (χ4n) is 1.15. The van der Waals surface area contributed by atoms with Crippen molar-refractivity contribution in [3.05, 3.63) is 11.8 Å². The molecule has 0 amide bonds. The minimum absolute atomic E-state index is 0.0767. The van der Waals surface area contributed by atoms with Gasteiger partial charge in [0.2, 0.25) is 0 Å². The molecule has 0 saturated carbocycles. The number of hydrogen-bond acceptors (Lipinski definition) is 5. The van der Waals surface area contributed by atoms with E-state index in [1.807, 2.05) is 0 Å². The third kappa shape index (κ3) is 2.64. The van der Waals surface area contributed by atoms with E-state index in [1.54, 1.807) is 13.8 Å². The van der Waals surface area contributed by atoms with Crippen LogP contribution < -0.4 is 0 Å². The number of esters is 1. The van der Waals surface area contributed by atoms with Crippen molar-refractivity contribution in [2.45, 2.75) is 18.9 Å². The molecule has 1 heterocycles. The van der Waals surface area contributed by atoms with E-state index in [9.17, 15) is 13.2 Å². The van der Waals surface area contributed by atoms with Crippen molar-refractivity contribution >= 4 is 16.0 Å². The molecular formula is C9H15N3O4S. The Balaban J connectivity index is 3.17. The second-order valence-electron chi connectivity index (χ2n) is 3.25. The van der Waals surface area contributed by atoms with Crippen LogP contribution in [0, 0.1) is 0 Å². The smallest absolute Gasteiger partial charge is 0.342 e. The summed E-state index contributed by atoms with van der Waals surface area (Å²) in [5.74, 6) is -0.704. The van der Waals surface area contributed by atoms with Gasteiger partial charge in [-0.1, -0.05) is 6.92 Å². The predicted molar refractivity (Wildman–Crippen MR) is 60.0 cm³/mol. The number of carbonyl (C=O) groups excluding carboxylic acids is 1. The van der Waals surface area contributed by atoms with E-state index in [4.69, 9.17) is 4.74 Å². The summed E-state index contributed by atoms with van der Waals surface area (Å²) in [5, 5.41) is 5.66. The van der Waals surface area contributed by atoms with Crippen molar-refractivity contribution in [2.24, 2.45) is 0 Å². The molecule has 0 unspecified atom stereocenters. The van der Waals surface area contributed by atoms with Gasteiger partial charge in [0.1, 0.15) is 5.56 Å². The van der Waals surface area contributed by atoms with Gasteiger partial charge in [0.15, 0.2) is 5.03 Å². The second kappa shape index (κ2) is 5.28. The number of ether oxygens (including phenoxy) is 1. The van der Waals surface area contributed by atoms with Crippen molar-refractivity contribution in [1.82, 2.24) is 14.5 Å². The van der Waals surface area contributed by atoms with E-state index in [-0.39, 0.29) is 17.2 Å². The van der Waals surface area contributed by atoms with Gasteiger partial charge in [-0.3, -0.25) is 5.10 Å². The number of nitrogens with one attached hydrogen (secondary N) is 1. The van der Waals surface area contributed by atoms with Gasteiger partial charge >= 0.3 is 5.97 Å². The van der Waals surface area contributed by atoms with E-state index in [2.05, 4.69) is 10.2 Å². The Hall–Kier alpha value is -1.41. The molecule has 17 heavy (non-hydrogen) atoms. The molecule has 0 saturated heterocycles. The standard InChI is InChI=1S/C9H15N3O4S/c1-4-12(3)17(14,15)8-7(6-10-11-8)9(13)16-5-2/h6H,4-5H2,1-3H3,(H,10,11). The van der Waals surface area contributed by atoms with E-state index in [0.717, 1.165) is 10.5 Å². The van der Waals surface area contributed by atoms with Gasteiger partial charge in [-0.15, -0.1) is 0 Å². The summed E-state index contributed by atoms with van der Waals surface area (Å²) in [5.41, 5.74) is -0.0767. The number of hydrogen-bond donors (Lipinski definition) is 1. The summed E-state index contributed by atoms with van der Waals surface area (Å²) in [6.07, 6.45) is 1.15. The van der Waals surface area contributed by atoms with Crippen LogP contribution in [0.15, 0.2) is 11.2 Å². The first-order valence-corrected chi connectivity index (χ1v) is 6.56. The van der Waals surface area contributed by atoms with Crippen LogP contribution >= 0.6 is 0 Å². The lowest BCUT2D eigenvalue weighted by Crippen LogP contribution is -2.28. The summed E-state index contributed by atoms with van der Waals surface area (Å²) in [4.78, 5) is 11.5. The van der Waals surface area contributed by atoms with Crippen LogP contribution in [-0.2, 0) is 14.8 Å². The molecule has 0 spiro atoms. The zero-order chi connectivity index (χ0) is 13.1. The molecular weight excluding hydrogens is 246 g/mol. The van der Waals surface area contributed by atoms with Gasteiger partial charge in [0.05, 0.1) is 12.8 Å². The molecule has 0 aliphatic heterocycles. The summed E-state index contributed by atoms with van der Waals surface area (Å²) >= 11 is 0. The van der Waals surface area contributed by atoms with Crippen LogP contribution in [0.2, 0.25) is 0 Å². The molecule has 0 aromatic carbocycles. The van der Waals surface area contributed by atoms with Gasteiger partial charge in [-0.2, -0.15) is 9.40 Å². The van der Waals surface area contributed by atoms with Gasteiger partial charge < -0.3 is 4.74 Å². The van der Waals surface area contributed by atoms with Gasteiger partial charge in [-0.25, -0.2) is 13.2 Å². The summed E-state index contributed by atoms with van der Waals surface area (Å²) < 4.78 is 29.9. The van der Waals surface area contributed by atoms with Crippen LogP contribution in [-0.4, -0.2) is 49.1 Å². The number of nitrogens with zero attached hydrogens (tertiary/aromatic N) is 2. The number of rotatable bonds is 5. The third-order valence-electron chi connectivity index (χ3n) is 2.21. The molecule has 0 bridgehead atoms. The Bertz CT molecular complexity index is 494. The average molecular weight is 261 g/mol. The summed E-state index contributed by atoms with van der Waals surface area (Å²) in [6, 6.07) is 0. The minimum atomic E-state index is -3.73. The maximum absolute atomic E-state index is 12.0. The normalized spacial score (nSPS) is 11.8. The number of H-pyrrole nitrogens is 1. The number of carbonyl (C=O) groups is 1. The Morgan fingerprint density at radius 1 is 1.53 bits per heavy atom. The highest BCUT2D eigenvalue weighted by Gasteiger charge is 2.28. The van der Waals surface area contributed by atoms with Crippen LogP contribution in [0.3, 0.4) is 0 Å². The fraction of sp³-hybridized carbons (Fsp3) is 0.556. The zero-order valence-electron chi connectivity index (χ0n) is 9.93. The molecule has 0 aliphatic rings. The lowest BCUT2D eigenvalue weighted by atomic mass is 10.4. The Labute approximate surface area is 99.8 Å². The first kappa shape index (κ1) is 13.7. The summed E-state index contributed by atoms with van der Waals surface area (Å²) in [6.45, 7) is 3.80. The number of aromatic nitrogens is 2. The van der Waals surface area contributed by atoms with E-state index >= 15 is 0 Å². The highest BCUT2D eigenvalue weighted by molar-refractivity contribution is 7.89. The molecule has 7 nitrogen and oxygen atoms in total. The van der Waals surface area contributed by atoms with Crippen LogP contribution in [0.1, 0.15) is 24.2 Å². The van der Waals surface area contributed by atoms with Crippen molar-refractivity contribution < 1.29 is 17.9 Å². The second-order valence-corrected chi connectivity index (χ2v) is 5.23. The molecule has 1 aromatic rings. The largest absolute Gasteiger partial charge is 0.462 e. The van der Waals surface area contributed by atoms with E-state index < -0.39 is 16.0 Å². The molecule has 0 fully saturated rings. The Kier molecular flexibility index (Phi) is 4.24. The van der Waals surface area contributed by atoms with Crippen molar-refractivity contribution in [3.8, 4) is 0 Å². The van der Waals surface area contributed by atoms with Crippen LogP contribution in [0.5, 0.6) is 0 Å². The first-order valence-electron chi connectivity index (χ1n) is 5.12. The maximum Gasteiger partial charge on any atom is 0.342 e. The molecule has 0 aliphatic carbocycles. The van der Waals surface area contributed by atoms with Crippen molar-refractivity contribution in [3.63, 3.8) is 0 Å². The molecule has 8 heteroatoms. The molecule has 0 atom stereocenters. The predicted octanol–water partition coefficient (Wildman–Crippen LogP) is 0.227. The van der Waals surface area contributed by atoms with E-state index in [0.29, 0.717) is 6.54 Å².